The lowest BCUT2D eigenvalue weighted by molar-refractivity contribution is 0.774. The van der Waals surface area contributed by atoms with E-state index in [1.54, 1.807) is 0 Å². The first-order valence-corrected chi connectivity index (χ1v) is 7.56. The Morgan fingerprint density at radius 2 is 2.00 bits per heavy atom. The zero-order valence-electron chi connectivity index (χ0n) is 12.8. The minimum Gasteiger partial charge on any atom is -0.331 e. The average molecular weight is 303 g/mol. The molecule has 2 atom stereocenters. The van der Waals surface area contributed by atoms with Crippen molar-refractivity contribution >= 4 is 17.7 Å². The van der Waals surface area contributed by atoms with Gasteiger partial charge >= 0.3 is 0 Å². The molecule has 4 nitrogen and oxygen atoms in total. The molecule has 110 valence electrons. The fourth-order valence-electron chi connectivity index (χ4n) is 2.94. The normalized spacial score (nSPS) is 21.2. The van der Waals surface area contributed by atoms with Crippen LogP contribution in [0.25, 0.3) is 6.08 Å². The number of hydrogen-bond donors (Lipinski definition) is 0. The van der Waals surface area contributed by atoms with Gasteiger partial charge in [0.05, 0.1) is 11.4 Å². The largest absolute Gasteiger partial charge is 0.331 e. The minimum absolute atomic E-state index is 0.406. The van der Waals surface area contributed by atoms with Crippen molar-refractivity contribution in [3.05, 3.63) is 46.0 Å². The summed E-state index contributed by atoms with van der Waals surface area (Å²) in [4.78, 5) is 13.4. The molecule has 1 aliphatic carbocycles. The molecule has 1 saturated carbocycles. The summed E-state index contributed by atoms with van der Waals surface area (Å²) in [7, 11) is 2.08. The summed E-state index contributed by atoms with van der Waals surface area (Å²) in [6, 6.07) is 1.88. The van der Waals surface area contributed by atoms with E-state index < -0.39 is 0 Å². The Balaban J connectivity index is 1.90. The van der Waals surface area contributed by atoms with Gasteiger partial charge in [-0.15, -0.1) is 0 Å². The third kappa shape index (κ3) is 2.60. The lowest BCUT2D eigenvalue weighted by atomic mass is 10.2. The predicted molar refractivity (Wildman–Crippen MR) is 84.5 cm³/mol. The number of aryl methyl sites for hydroxylation is 2. The maximum atomic E-state index is 6.04. The highest BCUT2D eigenvalue weighted by atomic mass is 35.5. The number of aromatic nitrogens is 4. The average Bonchev–Trinajstić information content (AvgIpc) is 3.15. The van der Waals surface area contributed by atoms with Gasteiger partial charge in [0.2, 0.25) is 0 Å². The molecule has 0 unspecified atom stereocenters. The molecule has 0 spiro atoms. The first-order valence-electron chi connectivity index (χ1n) is 7.18. The van der Waals surface area contributed by atoms with Gasteiger partial charge in [-0.25, -0.2) is 15.0 Å². The zero-order chi connectivity index (χ0) is 15.1. The van der Waals surface area contributed by atoms with E-state index >= 15 is 0 Å². The SMILES string of the molecule is C/C=C\c1c(C)nc([C@@H]2C[C@H]2c2cc(Cl)nc(C)n2)n1C. The van der Waals surface area contributed by atoms with Gasteiger partial charge in [0.15, 0.2) is 0 Å². The van der Waals surface area contributed by atoms with Crippen LogP contribution in [-0.4, -0.2) is 19.5 Å². The van der Waals surface area contributed by atoms with Gasteiger partial charge in [-0.3, -0.25) is 0 Å². The quantitative estimate of drug-likeness (QED) is 0.810. The minimum atomic E-state index is 0.406. The molecule has 0 amide bonds. The van der Waals surface area contributed by atoms with Gasteiger partial charge in [-0.1, -0.05) is 17.7 Å². The van der Waals surface area contributed by atoms with Crippen LogP contribution in [-0.2, 0) is 7.05 Å². The predicted octanol–water partition coefficient (Wildman–Crippen LogP) is 3.78. The van der Waals surface area contributed by atoms with Crippen molar-refractivity contribution < 1.29 is 0 Å². The van der Waals surface area contributed by atoms with Crippen molar-refractivity contribution in [1.29, 1.82) is 0 Å². The zero-order valence-corrected chi connectivity index (χ0v) is 13.5. The number of halogens is 1. The van der Waals surface area contributed by atoms with E-state index in [2.05, 4.69) is 34.6 Å². The molecule has 0 saturated heterocycles. The van der Waals surface area contributed by atoms with Gasteiger partial charge in [0, 0.05) is 24.6 Å². The van der Waals surface area contributed by atoms with Gasteiger partial charge in [0.1, 0.15) is 16.8 Å². The first-order chi connectivity index (χ1) is 10.0. The topological polar surface area (TPSA) is 43.6 Å². The Morgan fingerprint density at radius 1 is 1.24 bits per heavy atom. The molecular weight excluding hydrogens is 284 g/mol. The molecular formula is C16H19ClN4. The second kappa shape index (κ2) is 5.26. The van der Waals surface area contributed by atoms with Crippen LogP contribution in [0.2, 0.25) is 5.15 Å². The van der Waals surface area contributed by atoms with Crippen LogP contribution in [0.5, 0.6) is 0 Å². The highest BCUT2D eigenvalue weighted by Gasteiger charge is 2.44. The third-order valence-corrected chi connectivity index (χ3v) is 4.20. The molecule has 2 aromatic heterocycles. The Morgan fingerprint density at radius 3 is 2.67 bits per heavy atom. The van der Waals surface area contributed by atoms with Crippen molar-refractivity contribution in [3.63, 3.8) is 0 Å². The summed E-state index contributed by atoms with van der Waals surface area (Å²) in [6.45, 7) is 5.96. The first kappa shape index (κ1) is 14.3. The maximum absolute atomic E-state index is 6.04. The second-order valence-corrected chi connectivity index (χ2v) is 6.00. The van der Waals surface area contributed by atoms with E-state index in [4.69, 9.17) is 16.6 Å². The van der Waals surface area contributed by atoms with Crippen molar-refractivity contribution in [2.24, 2.45) is 7.05 Å². The van der Waals surface area contributed by atoms with Crippen molar-refractivity contribution in [2.75, 3.05) is 0 Å². The highest BCUT2D eigenvalue weighted by molar-refractivity contribution is 6.29. The summed E-state index contributed by atoms with van der Waals surface area (Å²) in [5, 5.41) is 0.522. The number of hydrogen-bond acceptors (Lipinski definition) is 3. The summed E-state index contributed by atoms with van der Waals surface area (Å²) in [5.74, 6) is 2.70. The third-order valence-electron chi connectivity index (χ3n) is 4.01. The van der Waals surface area contributed by atoms with Crippen LogP contribution >= 0.6 is 11.6 Å². The van der Waals surface area contributed by atoms with Gasteiger partial charge in [-0.2, -0.15) is 0 Å². The van der Waals surface area contributed by atoms with E-state index in [-0.39, 0.29) is 0 Å². The van der Waals surface area contributed by atoms with Gasteiger partial charge in [0.25, 0.3) is 0 Å². The second-order valence-electron chi connectivity index (χ2n) is 5.61. The maximum Gasteiger partial charge on any atom is 0.133 e. The number of allylic oxidation sites excluding steroid dienone is 1. The van der Waals surface area contributed by atoms with E-state index in [1.165, 1.54) is 5.69 Å². The molecule has 0 radical (unpaired) electrons. The Labute approximate surface area is 129 Å². The summed E-state index contributed by atoms with van der Waals surface area (Å²) < 4.78 is 2.19. The smallest absolute Gasteiger partial charge is 0.133 e. The highest BCUT2D eigenvalue weighted by Crippen LogP contribution is 2.54. The Bertz CT molecular complexity index is 697. The van der Waals surface area contributed by atoms with Crippen LogP contribution in [0.15, 0.2) is 12.1 Å². The lowest BCUT2D eigenvalue weighted by Crippen LogP contribution is -2.00. The fraction of sp³-hybridized carbons (Fsp3) is 0.438. The lowest BCUT2D eigenvalue weighted by Gasteiger charge is -2.04. The summed E-state index contributed by atoms with van der Waals surface area (Å²) >= 11 is 6.04. The standard InChI is InChI=1S/C16H19ClN4/c1-5-6-14-9(2)18-16(21(14)4)12-7-11(12)13-8-15(17)20-10(3)19-13/h5-6,8,11-12H,7H2,1-4H3/b6-5-/t11-,12-/m1/s1. The molecule has 5 heteroatoms. The van der Waals surface area contributed by atoms with Crippen LogP contribution in [0.1, 0.15) is 53.9 Å². The van der Waals surface area contributed by atoms with Crippen LogP contribution in [0, 0.1) is 13.8 Å². The Hall–Kier alpha value is -1.68. The fourth-order valence-corrected chi connectivity index (χ4v) is 3.18. The van der Waals surface area contributed by atoms with Crippen LogP contribution < -0.4 is 0 Å². The van der Waals surface area contributed by atoms with Gasteiger partial charge in [-0.05, 0) is 39.3 Å². The molecule has 0 aromatic carbocycles. The molecule has 0 N–H and O–H groups in total. The number of rotatable bonds is 3. The van der Waals surface area contributed by atoms with Crippen LogP contribution in [0.4, 0.5) is 0 Å². The Kier molecular flexibility index (Phi) is 3.57. The van der Waals surface area contributed by atoms with Crippen molar-refractivity contribution in [1.82, 2.24) is 19.5 Å². The molecule has 2 heterocycles. The molecule has 1 aliphatic rings. The van der Waals surface area contributed by atoms with Crippen molar-refractivity contribution in [2.45, 2.75) is 39.0 Å². The number of imidazole rings is 1. The molecule has 21 heavy (non-hydrogen) atoms. The van der Waals surface area contributed by atoms with E-state index in [0.717, 1.165) is 29.5 Å². The molecule has 3 rings (SSSR count). The summed E-state index contributed by atoms with van der Waals surface area (Å²) in [5.41, 5.74) is 3.29. The monoisotopic (exact) mass is 302 g/mol. The molecule has 1 fully saturated rings. The van der Waals surface area contributed by atoms with Crippen LogP contribution in [0.3, 0.4) is 0 Å². The van der Waals surface area contributed by atoms with E-state index in [9.17, 15) is 0 Å². The number of nitrogens with zero attached hydrogens (tertiary/aromatic N) is 4. The van der Waals surface area contributed by atoms with Gasteiger partial charge < -0.3 is 4.57 Å². The van der Waals surface area contributed by atoms with Crippen molar-refractivity contribution in [3.8, 4) is 0 Å². The molecule has 0 aliphatic heterocycles. The summed E-state index contributed by atoms with van der Waals surface area (Å²) in [6.07, 6.45) is 5.23. The molecule has 2 aromatic rings. The van der Waals surface area contributed by atoms with E-state index in [1.807, 2.05) is 26.0 Å². The van der Waals surface area contributed by atoms with E-state index in [0.29, 0.717) is 17.0 Å². The molecule has 0 bridgehead atoms.